The summed E-state index contributed by atoms with van der Waals surface area (Å²) in [6, 6.07) is 1.62. The zero-order valence-electron chi connectivity index (χ0n) is 6.77. The van der Waals surface area contributed by atoms with E-state index in [-0.39, 0.29) is 6.79 Å². The molecular formula is C8H8N2O3. The van der Waals surface area contributed by atoms with E-state index in [0.29, 0.717) is 11.4 Å². The van der Waals surface area contributed by atoms with Crippen molar-refractivity contribution < 1.29 is 14.3 Å². The van der Waals surface area contributed by atoms with Gasteiger partial charge in [0.05, 0.1) is 5.56 Å². The van der Waals surface area contributed by atoms with Gasteiger partial charge in [0.15, 0.2) is 0 Å². The molecule has 0 saturated carbocycles. The van der Waals surface area contributed by atoms with Crippen LogP contribution in [0.1, 0.15) is 10.4 Å². The molecule has 0 radical (unpaired) electrons. The molecule has 0 atom stereocenters. The van der Waals surface area contributed by atoms with Gasteiger partial charge in [-0.2, -0.15) is 0 Å². The van der Waals surface area contributed by atoms with Crippen LogP contribution in [0.3, 0.4) is 0 Å². The van der Waals surface area contributed by atoms with Crippen LogP contribution in [0.5, 0.6) is 0 Å². The molecule has 0 bridgehead atoms. The van der Waals surface area contributed by atoms with E-state index in [1.807, 2.05) is 0 Å². The molecule has 1 aromatic heterocycles. The van der Waals surface area contributed by atoms with E-state index in [1.165, 1.54) is 6.26 Å². The fraction of sp³-hybridized carbons (Fsp3) is 0.125. The van der Waals surface area contributed by atoms with Gasteiger partial charge in [-0.1, -0.05) is 0 Å². The number of hydrogen-bond donors (Lipinski definition) is 1. The van der Waals surface area contributed by atoms with Crippen molar-refractivity contribution in [1.82, 2.24) is 4.57 Å². The molecule has 0 saturated heterocycles. The van der Waals surface area contributed by atoms with Crippen LogP contribution in [0.2, 0.25) is 0 Å². The molecule has 0 fully saturated rings. The van der Waals surface area contributed by atoms with Crippen LogP contribution in [0, 0.1) is 0 Å². The molecule has 13 heavy (non-hydrogen) atoms. The predicted molar refractivity (Wildman–Crippen MR) is 44.3 cm³/mol. The highest BCUT2D eigenvalue weighted by Crippen LogP contribution is 2.14. The average Bonchev–Trinajstić information content (AvgIpc) is 2.75. The van der Waals surface area contributed by atoms with Gasteiger partial charge in [-0.3, -0.25) is 9.36 Å². The lowest BCUT2D eigenvalue weighted by Crippen LogP contribution is -2.09. The summed E-state index contributed by atoms with van der Waals surface area (Å²) in [5.74, 6) is 0.0887. The molecule has 1 amide bonds. The Morgan fingerprint density at radius 1 is 1.62 bits per heavy atom. The minimum Gasteiger partial charge on any atom is -0.459 e. The van der Waals surface area contributed by atoms with Crippen molar-refractivity contribution in [1.29, 1.82) is 0 Å². The fourth-order valence-electron chi connectivity index (χ4n) is 1.05. The number of amides is 1. The SMILES string of the molecule is NC(=O)c1ccn(C2=COCO2)c1. The maximum absolute atomic E-state index is 10.7. The second kappa shape index (κ2) is 2.85. The van der Waals surface area contributed by atoms with Crippen LogP contribution < -0.4 is 5.73 Å². The van der Waals surface area contributed by atoms with Gasteiger partial charge in [0, 0.05) is 12.4 Å². The van der Waals surface area contributed by atoms with Gasteiger partial charge in [-0.05, 0) is 6.07 Å². The van der Waals surface area contributed by atoms with E-state index < -0.39 is 5.91 Å². The minimum atomic E-state index is -0.460. The Labute approximate surface area is 74.3 Å². The number of aromatic nitrogens is 1. The quantitative estimate of drug-likeness (QED) is 0.713. The third-order valence-corrected chi connectivity index (χ3v) is 1.69. The van der Waals surface area contributed by atoms with Crippen molar-refractivity contribution in [2.45, 2.75) is 0 Å². The Morgan fingerprint density at radius 2 is 2.46 bits per heavy atom. The first-order chi connectivity index (χ1) is 6.27. The standard InChI is InChI=1S/C8H8N2O3/c9-8(11)6-1-2-10(3-6)7-4-12-5-13-7/h1-4H,5H2,(H2,9,11). The van der Waals surface area contributed by atoms with E-state index in [9.17, 15) is 4.79 Å². The molecule has 1 aromatic rings. The summed E-state index contributed by atoms with van der Waals surface area (Å²) in [4.78, 5) is 10.7. The van der Waals surface area contributed by atoms with Crippen LogP contribution in [0.4, 0.5) is 0 Å². The maximum Gasteiger partial charge on any atom is 0.250 e. The highest BCUT2D eigenvalue weighted by Gasteiger charge is 2.10. The lowest BCUT2D eigenvalue weighted by molar-refractivity contribution is 0.0960. The molecule has 1 aliphatic heterocycles. The third-order valence-electron chi connectivity index (χ3n) is 1.69. The summed E-state index contributed by atoms with van der Waals surface area (Å²) in [6.07, 6.45) is 4.74. The summed E-state index contributed by atoms with van der Waals surface area (Å²) in [7, 11) is 0. The van der Waals surface area contributed by atoms with E-state index in [4.69, 9.17) is 15.2 Å². The summed E-state index contributed by atoms with van der Waals surface area (Å²) in [5.41, 5.74) is 5.52. The number of nitrogens with two attached hydrogens (primary N) is 1. The van der Waals surface area contributed by atoms with Gasteiger partial charge in [0.2, 0.25) is 18.6 Å². The van der Waals surface area contributed by atoms with Crippen molar-refractivity contribution in [3.8, 4) is 0 Å². The van der Waals surface area contributed by atoms with E-state index in [0.717, 1.165) is 0 Å². The highest BCUT2D eigenvalue weighted by molar-refractivity contribution is 5.92. The average molecular weight is 180 g/mol. The first-order valence-corrected chi connectivity index (χ1v) is 3.70. The van der Waals surface area contributed by atoms with E-state index in [2.05, 4.69) is 0 Å². The fourth-order valence-corrected chi connectivity index (χ4v) is 1.05. The molecule has 5 heteroatoms. The monoisotopic (exact) mass is 180 g/mol. The number of hydrogen-bond acceptors (Lipinski definition) is 3. The van der Waals surface area contributed by atoms with Crippen LogP contribution in [-0.2, 0) is 9.47 Å². The summed E-state index contributed by atoms with van der Waals surface area (Å²) in [5, 5.41) is 0. The zero-order valence-corrected chi connectivity index (χ0v) is 6.77. The molecule has 0 aromatic carbocycles. The Morgan fingerprint density at radius 3 is 3.00 bits per heavy atom. The summed E-state index contributed by atoms with van der Waals surface area (Å²) in [6.45, 7) is 0.208. The minimum absolute atomic E-state index is 0.208. The predicted octanol–water partition coefficient (Wildman–Crippen LogP) is 0.347. The van der Waals surface area contributed by atoms with Crippen LogP contribution in [-0.4, -0.2) is 17.3 Å². The lowest BCUT2D eigenvalue weighted by Gasteiger charge is -1.99. The number of carbonyl (C=O) groups excluding carboxylic acids is 1. The van der Waals surface area contributed by atoms with Gasteiger partial charge >= 0.3 is 0 Å². The normalized spacial score (nSPS) is 14.6. The molecule has 2 heterocycles. The second-order valence-corrected chi connectivity index (χ2v) is 2.56. The number of primary amides is 1. The molecule has 0 unspecified atom stereocenters. The lowest BCUT2D eigenvalue weighted by atomic mass is 10.3. The first-order valence-electron chi connectivity index (χ1n) is 3.70. The molecular weight excluding hydrogens is 172 g/mol. The Bertz CT molecular complexity index is 367. The molecule has 2 rings (SSSR count). The number of rotatable bonds is 2. The number of carbonyl (C=O) groups is 1. The Hall–Kier alpha value is -1.91. The van der Waals surface area contributed by atoms with Crippen LogP contribution in [0.15, 0.2) is 24.7 Å². The van der Waals surface area contributed by atoms with Gasteiger partial charge in [-0.25, -0.2) is 0 Å². The smallest absolute Gasteiger partial charge is 0.250 e. The molecule has 0 aliphatic carbocycles. The zero-order chi connectivity index (χ0) is 9.26. The number of ether oxygens (including phenoxy) is 2. The summed E-state index contributed by atoms with van der Waals surface area (Å²) >= 11 is 0. The Balaban J connectivity index is 2.27. The van der Waals surface area contributed by atoms with Crippen LogP contribution in [0.25, 0.3) is 5.88 Å². The summed E-state index contributed by atoms with van der Waals surface area (Å²) < 4.78 is 11.6. The number of nitrogens with zero attached hydrogens (tertiary/aromatic N) is 1. The van der Waals surface area contributed by atoms with Crippen molar-refractivity contribution in [3.05, 3.63) is 30.3 Å². The molecule has 0 spiro atoms. The van der Waals surface area contributed by atoms with E-state index >= 15 is 0 Å². The van der Waals surface area contributed by atoms with Gasteiger partial charge in [0.1, 0.15) is 6.26 Å². The molecule has 5 nitrogen and oxygen atoms in total. The largest absolute Gasteiger partial charge is 0.459 e. The topological polar surface area (TPSA) is 66.5 Å². The Kier molecular flexibility index (Phi) is 1.70. The maximum atomic E-state index is 10.7. The van der Waals surface area contributed by atoms with Crippen molar-refractivity contribution >= 4 is 11.8 Å². The van der Waals surface area contributed by atoms with Crippen LogP contribution >= 0.6 is 0 Å². The van der Waals surface area contributed by atoms with Gasteiger partial charge in [0.25, 0.3) is 0 Å². The second-order valence-electron chi connectivity index (χ2n) is 2.56. The molecule has 68 valence electrons. The third kappa shape index (κ3) is 1.35. The van der Waals surface area contributed by atoms with Crippen molar-refractivity contribution in [2.75, 3.05) is 6.79 Å². The van der Waals surface area contributed by atoms with Crippen molar-refractivity contribution in [3.63, 3.8) is 0 Å². The van der Waals surface area contributed by atoms with E-state index in [1.54, 1.807) is 23.0 Å². The highest BCUT2D eigenvalue weighted by atomic mass is 16.7. The van der Waals surface area contributed by atoms with Gasteiger partial charge < -0.3 is 15.2 Å². The first kappa shape index (κ1) is 7.72. The molecule has 2 N–H and O–H groups in total. The van der Waals surface area contributed by atoms with Gasteiger partial charge in [-0.15, -0.1) is 0 Å². The van der Waals surface area contributed by atoms with Crippen molar-refractivity contribution in [2.24, 2.45) is 5.73 Å². The molecule has 1 aliphatic rings.